The van der Waals surface area contributed by atoms with Crippen LogP contribution in [0, 0.1) is 5.92 Å². The van der Waals surface area contributed by atoms with Crippen LogP contribution in [0.1, 0.15) is 19.3 Å². The molecule has 1 aliphatic carbocycles. The third-order valence-corrected chi connectivity index (χ3v) is 1.65. The Morgan fingerprint density at radius 3 is 2.80 bits per heavy atom. The minimum absolute atomic E-state index is 0.0398. The molecule has 0 aromatic carbocycles. The number of rotatable bonds is 2. The molecule has 4 heteroatoms. The fraction of sp³-hybridized carbons (Fsp3) is 0.667. The van der Waals surface area contributed by atoms with Crippen molar-refractivity contribution in [3.8, 4) is 0 Å². The summed E-state index contributed by atoms with van der Waals surface area (Å²) < 4.78 is 4.41. The lowest BCUT2D eigenvalue weighted by Gasteiger charge is -2.21. The summed E-state index contributed by atoms with van der Waals surface area (Å²) in [6.45, 7) is 0. The molecule has 1 fully saturated rings. The van der Waals surface area contributed by atoms with Crippen molar-refractivity contribution in [1.82, 2.24) is 0 Å². The molecule has 56 valence electrons. The molecule has 1 saturated carbocycles. The zero-order chi connectivity index (χ0) is 7.40. The number of ether oxygens (including phenoxy) is 1. The zero-order valence-corrected chi connectivity index (χ0v) is 5.49. The summed E-state index contributed by atoms with van der Waals surface area (Å²) in [6, 6.07) is 0. The van der Waals surface area contributed by atoms with Gasteiger partial charge in [0.2, 0.25) is 6.40 Å². The lowest BCUT2D eigenvalue weighted by Crippen LogP contribution is -2.23. The molecule has 0 aliphatic heterocycles. The maximum Gasteiger partial charge on any atom is 0.315 e. The smallest absolute Gasteiger partial charge is 0.315 e. The molecule has 1 rings (SSSR count). The molecule has 0 spiro atoms. The van der Waals surface area contributed by atoms with Gasteiger partial charge in [0, 0.05) is 0 Å². The summed E-state index contributed by atoms with van der Waals surface area (Å²) in [5.41, 5.74) is 0. The van der Waals surface area contributed by atoms with Crippen LogP contribution < -0.4 is 0 Å². The summed E-state index contributed by atoms with van der Waals surface area (Å²) in [4.78, 5) is 10.8. The Bertz CT molecular complexity index is 151. The highest BCUT2D eigenvalue weighted by Gasteiger charge is 2.26. The van der Waals surface area contributed by atoms with Crippen LogP contribution in [0.15, 0.2) is 5.16 Å². The zero-order valence-electron chi connectivity index (χ0n) is 5.49. The van der Waals surface area contributed by atoms with E-state index < -0.39 is 0 Å². The molecule has 0 heterocycles. The molecule has 0 radical (unpaired) electrons. The maximum absolute atomic E-state index is 10.8. The monoisotopic (exact) mass is 143 g/mol. The summed E-state index contributed by atoms with van der Waals surface area (Å²) in [6.07, 6.45) is 3.65. The van der Waals surface area contributed by atoms with Gasteiger partial charge in [-0.3, -0.25) is 4.79 Å². The van der Waals surface area contributed by atoms with Crippen molar-refractivity contribution >= 4 is 12.4 Å². The van der Waals surface area contributed by atoms with Gasteiger partial charge in [0.1, 0.15) is 0 Å². The fourth-order valence-corrected chi connectivity index (χ4v) is 0.816. The number of hydrogen-bond donors (Lipinski definition) is 1. The average molecular weight is 143 g/mol. The van der Waals surface area contributed by atoms with E-state index in [-0.39, 0.29) is 11.9 Å². The molecule has 10 heavy (non-hydrogen) atoms. The highest BCUT2D eigenvalue weighted by atomic mass is 16.6. The minimum atomic E-state index is -0.288. The molecule has 0 saturated heterocycles. The van der Waals surface area contributed by atoms with Crippen LogP contribution in [-0.2, 0) is 9.53 Å². The lowest BCUT2D eigenvalue weighted by atomic mass is 9.86. The molecule has 0 bridgehead atoms. The van der Waals surface area contributed by atoms with Crippen LogP contribution in [0.25, 0.3) is 0 Å². The minimum Gasteiger partial charge on any atom is -0.411 e. The van der Waals surface area contributed by atoms with Crippen molar-refractivity contribution in [2.45, 2.75) is 19.3 Å². The first-order chi connectivity index (χ1) is 4.84. The summed E-state index contributed by atoms with van der Waals surface area (Å²) in [5.74, 6) is -0.248. The van der Waals surface area contributed by atoms with Gasteiger partial charge in [-0.25, -0.2) is 0 Å². The Morgan fingerprint density at radius 2 is 2.40 bits per heavy atom. The van der Waals surface area contributed by atoms with Gasteiger partial charge in [-0.2, -0.15) is 0 Å². The van der Waals surface area contributed by atoms with Gasteiger partial charge in [-0.15, -0.1) is 0 Å². The van der Waals surface area contributed by atoms with E-state index >= 15 is 0 Å². The van der Waals surface area contributed by atoms with E-state index in [1.54, 1.807) is 0 Å². The Hall–Kier alpha value is -1.06. The number of nitrogens with zero attached hydrogens (tertiary/aromatic N) is 1. The first-order valence-corrected chi connectivity index (χ1v) is 3.21. The number of esters is 1. The van der Waals surface area contributed by atoms with Gasteiger partial charge in [-0.05, 0) is 12.8 Å². The van der Waals surface area contributed by atoms with E-state index in [1.165, 1.54) is 0 Å². The molecule has 0 aromatic rings. The second-order valence-electron chi connectivity index (χ2n) is 2.29. The number of carbonyl (C=O) groups excluding carboxylic acids is 1. The lowest BCUT2D eigenvalue weighted by molar-refractivity contribution is -0.142. The summed E-state index contributed by atoms with van der Waals surface area (Å²) in [7, 11) is 0. The van der Waals surface area contributed by atoms with E-state index in [1.807, 2.05) is 0 Å². The van der Waals surface area contributed by atoms with Crippen molar-refractivity contribution in [2.24, 2.45) is 11.1 Å². The average Bonchev–Trinajstić information content (AvgIpc) is 1.79. The van der Waals surface area contributed by atoms with Crippen LogP contribution in [0.5, 0.6) is 0 Å². The maximum atomic E-state index is 10.8. The topological polar surface area (TPSA) is 58.9 Å². The Kier molecular flexibility index (Phi) is 2.25. The first kappa shape index (κ1) is 7.05. The molecule has 1 aliphatic rings. The predicted molar refractivity (Wildman–Crippen MR) is 33.7 cm³/mol. The SMILES string of the molecule is O=C(OC=NO)C1CCC1. The second-order valence-corrected chi connectivity index (χ2v) is 2.29. The van der Waals surface area contributed by atoms with Gasteiger partial charge in [0.15, 0.2) is 0 Å². The van der Waals surface area contributed by atoms with E-state index in [9.17, 15) is 4.79 Å². The van der Waals surface area contributed by atoms with Crippen LogP contribution in [-0.4, -0.2) is 17.6 Å². The Balaban J connectivity index is 2.20. The van der Waals surface area contributed by atoms with Crippen molar-refractivity contribution in [1.29, 1.82) is 0 Å². The van der Waals surface area contributed by atoms with Crippen molar-refractivity contribution in [2.75, 3.05) is 0 Å². The van der Waals surface area contributed by atoms with Gasteiger partial charge in [0.05, 0.1) is 5.92 Å². The van der Waals surface area contributed by atoms with E-state index in [2.05, 4.69) is 9.89 Å². The molecule has 0 atom stereocenters. The van der Waals surface area contributed by atoms with Gasteiger partial charge in [0.25, 0.3) is 0 Å². The second kappa shape index (κ2) is 3.20. The third kappa shape index (κ3) is 1.46. The number of oxime groups is 1. The van der Waals surface area contributed by atoms with Crippen LogP contribution in [0.4, 0.5) is 0 Å². The Labute approximate surface area is 58.5 Å². The molecule has 0 unspecified atom stereocenters. The molecule has 0 aromatic heterocycles. The largest absolute Gasteiger partial charge is 0.411 e. The van der Waals surface area contributed by atoms with Gasteiger partial charge < -0.3 is 9.94 Å². The summed E-state index contributed by atoms with van der Waals surface area (Å²) >= 11 is 0. The Morgan fingerprint density at radius 1 is 1.70 bits per heavy atom. The number of hydrogen-bond acceptors (Lipinski definition) is 4. The normalized spacial score (nSPS) is 18.8. The van der Waals surface area contributed by atoms with Crippen LogP contribution in [0.2, 0.25) is 0 Å². The fourth-order valence-electron chi connectivity index (χ4n) is 0.816. The summed E-state index contributed by atoms with van der Waals surface area (Å²) in [5, 5.41) is 10.4. The molecule has 0 amide bonds. The molecule has 4 nitrogen and oxygen atoms in total. The highest BCUT2D eigenvalue weighted by Crippen LogP contribution is 2.26. The van der Waals surface area contributed by atoms with Crippen LogP contribution in [0.3, 0.4) is 0 Å². The first-order valence-electron chi connectivity index (χ1n) is 3.21. The van der Waals surface area contributed by atoms with Crippen molar-refractivity contribution in [3.05, 3.63) is 0 Å². The van der Waals surface area contributed by atoms with E-state index in [0.29, 0.717) is 0 Å². The molecular weight excluding hydrogens is 134 g/mol. The van der Waals surface area contributed by atoms with Crippen LogP contribution >= 0.6 is 0 Å². The third-order valence-electron chi connectivity index (χ3n) is 1.65. The quantitative estimate of drug-likeness (QED) is 0.204. The molecular formula is C6H9NO3. The predicted octanol–water partition coefficient (Wildman–Crippen LogP) is 0.747. The van der Waals surface area contributed by atoms with Crippen molar-refractivity contribution < 1.29 is 14.7 Å². The van der Waals surface area contributed by atoms with Crippen molar-refractivity contribution in [3.63, 3.8) is 0 Å². The van der Waals surface area contributed by atoms with E-state index in [4.69, 9.17) is 5.21 Å². The van der Waals surface area contributed by atoms with E-state index in [0.717, 1.165) is 25.7 Å². The van der Waals surface area contributed by atoms with Gasteiger partial charge >= 0.3 is 5.97 Å². The highest BCUT2D eigenvalue weighted by molar-refractivity contribution is 5.80. The van der Waals surface area contributed by atoms with Gasteiger partial charge in [-0.1, -0.05) is 11.6 Å². The molecule has 1 N–H and O–H groups in total. The number of carbonyl (C=O) groups is 1. The standard InChI is InChI=1S/C6H9NO3/c8-6(10-4-7-9)5-2-1-3-5/h4-5,9H,1-3H2.